The fourth-order valence-electron chi connectivity index (χ4n) is 3.25. The van der Waals surface area contributed by atoms with Crippen LogP contribution in [0.3, 0.4) is 0 Å². The van der Waals surface area contributed by atoms with Crippen molar-refractivity contribution in [2.75, 3.05) is 19.4 Å². The van der Waals surface area contributed by atoms with E-state index in [0.29, 0.717) is 5.56 Å². The fraction of sp³-hybridized carbons (Fsp3) is 0.136. The number of anilines is 2. The topological polar surface area (TPSA) is 41.6 Å². The van der Waals surface area contributed by atoms with E-state index in [-0.39, 0.29) is 12.0 Å². The molecule has 2 aromatic carbocycles. The Bertz CT molecular complexity index is 940. The van der Waals surface area contributed by atoms with Crippen molar-refractivity contribution < 1.29 is 9.53 Å². The van der Waals surface area contributed by atoms with Crippen LogP contribution in [-0.4, -0.2) is 31.0 Å². The molecule has 1 aliphatic carbocycles. The second kappa shape index (κ2) is 6.56. The molecule has 1 atom stereocenters. The SMILES string of the molecule is CN(C)C(=O)c1c(Nc2ccccc2)ccc2c1C1=CC=CC=CC1O2. The van der Waals surface area contributed by atoms with Gasteiger partial charge >= 0.3 is 0 Å². The summed E-state index contributed by atoms with van der Waals surface area (Å²) in [7, 11) is 3.53. The van der Waals surface area contributed by atoms with Gasteiger partial charge in [0.25, 0.3) is 5.91 Å². The van der Waals surface area contributed by atoms with Gasteiger partial charge in [-0.2, -0.15) is 0 Å². The lowest BCUT2D eigenvalue weighted by Crippen LogP contribution is -2.24. The second-order valence-corrected chi connectivity index (χ2v) is 6.48. The number of hydrogen-bond acceptors (Lipinski definition) is 3. The molecule has 1 amide bonds. The highest BCUT2D eigenvalue weighted by Crippen LogP contribution is 2.44. The highest BCUT2D eigenvalue weighted by atomic mass is 16.5. The number of nitrogens with one attached hydrogen (secondary N) is 1. The van der Waals surface area contributed by atoms with Gasteiger partial charge in [0.05, 0.1) is 11.3 Å². The molecule has 1 heterocycles. The van der Waals surface area contributed by atoms with Crippen molar-refractivity contribution in [3.05, 3.63) is 84.0 Å². The Hall–Kier alpha value is -3.27. The standard InChI is InChI=1S/C22H20N2O2/c1-24(2)22(25)21-17(23-15-9-5-3-6-10-15)13-14-19-20(21)16-11-7-4-8-12-18(16)26-19/h3-14,18,23H,1-2H3. The first-order valence-electron chi connectivity index (χ1n) is 8.58. The molecule has 130 valence electrons. The molecule has 4 nitrogen and oxygen atoms in total. The Labute approximate surface area is 153 Å². The van der Waals surface area contributed by atoms with Crippen molar-refractivity contribution in [3.8, 4) is 5.75 Å². The summed E-state index contributed by atoms with van der Waals surface area (Å²) in [5.41, 5.74) is 4.22. The minimum atomic E-state index is -0.166. The second-order valence-electron chi connectivity index (χ2n) is 6.48. The molecule has 0 radical (unpaired) electrons. The van der Waals surface area contributed by atoms with E-state index in [1.165, 1.54) is 0 Å². The van der Waals surface area contributed by atoms with Crippen molar-refractivity contribution >= 4 is 22.9 Å². The Morgan fingerprint density at radius 3 is 2.62 bits per heavy atom. The number of amides is 1. The van der Waals surface area contributed by atoms with Gasteiger partial charge in [-0.1, -0.05) is 42.5 Å². The summed E-state index contributed by atoms with van der Waals surface area (Å²) < 4.78 is 6.07. The molecule has 4 rings (SSSR count). The maximum absolute atomic E-state index is 13.0. The number of rotatable bonds is 3. The Balaban J connectivity index is 1.88. The lowest BCUT2D eigenvalue weighted by Gasteiger charge is -2.18. The van der Waals surface area contributed by atoms with Crippen molar-refractivity contribution in [2.45, 2.75) is 6.10 Å². The number of allylic oxidation sites excluding steroid dienone is 4. The molecule has 1 N–H and O–H groups in total. The van der Waals surface area contributed by atoms with Gasteiger partial charge in [-0.15, -0.1) is 0 Å². The van der Waals surface area contributed by atoms with Gasteiger partial charge < -0.3 is 15.0 Å². The first-order chi connectivity index (χ1) is 12.6. The molecule has 0 saturated carbocycles. The third-order valence-electron chi connectivity index (χ3n) is 4.47. The number of ether oxygens (including phenoxy) is 1. The predicted octanol–water partition coefficient (Wildman–Crippen LogP) is 4.40. The van der Waals surface area contributed by atoms with E-state index in [1.54, 1.807) is 19.0 Å². The number of para-hydroxylation sites is 1. The first kappa shape index (κ1) is 16.2. The quantitative estimate of drug-likeness (QED) is 0.897. The summed E-state index contributed by atoms with van der Waals surface area (Å²) in [6, 6.07) is 13.7. The fourth-order valence-corrected chi connectivity index (χ4v) is 3.25. The lowest BCUT2D eigenvalue weighted by atomic mass is 9.94. The third kappa shape index (κ3) is 2.80. The van der Waals surface area contributed by atoms with Crippen LogP contribution in [0.1, 0.15) is 15.9 Å². The maximum Gasteiger partial charge on any atom is 0.256 e. The largest absolute Gasteiger partial charge is 0.481 e. The van der Waals surface area contributed by atoms with Crippen molar-refractivity contribution in [2.24, 2.45) is 0 Å². The molecule has 26 heavy (non-hydrogen) atoms. The van der Waals surface area contributed by atoms with Crippen molar-refractivity contribution in [3.63, 3.8) is 0 Å². The first-order valence-corrected chi connectivity index (χ1v) is 8.58. The summed E-state index contributed by atoms with van der Waals surface area (Å²) in [6.45, 7) is 0. The van der Waals surface area contributed by atoms with Gasteiger partial charge in [0.1, 0.15) is 11.9 Å². The van der Waals surface area contributed by atoms with E-state index in [4.69, 9.17) is 4.74 Å². The van der Waals surface area contributed by atoms with Crippen molar-refractivity contribution in [1.29, 1.82) is 0 Å². The van der Waals surface area contributed by atoms with Crippen LogP contribution in [0.2, 0.25) is 0 Å². The van der Waals surface area contributed by atoms with Crippen LogP contribution >= 0.6 is 0 Å². The Kier molecular flexibility index (Phi) is 4.09. The Morgan fingerprint density at radius 1 is 1.04 bits per heavy atom. The third-order valence-corrected chi connectivity index (χ3v) is 4.47. The number of benzene rings is 2. The van der Waals surface area contributed by atoms with E-state index in [1.807, 2.05) is 72.8 Å². The van der Waals surface area contributed by atoms with Gasteiger partial charge in [-0.05, 0) is 30.3 Å². The van der Waals surface area contributed by atoms with Gasteiger partial charge in [0, 0.05) is 30.9 Å². The van der Waals surface area contributed by atoms with Crippen LogP contribution in [0.25, 0.3) is 5.57 Å². The molecule has 0 saturated heterocycles. The smallest absolute Gasteiger partial charge is 0.256 e. The van der Waals surface area contributed by atoms with Crippen molar-refractivity contribution in [1.82, 2.24) is 4.90 Å². The van der Waals surface area contributed by atoms with E-state index >= 15 is 0 Å². The normalized spacial score (nSPS) is 16.8. The average molecular weight is 344 g/mol. The van der Waals surface area contributed by atoms with Gasteiger partial charge in [-0.3, -0.25) is 4.79 Å². The highest BCUT2D eigenvalue weighted by Gasteiger charge is 2.33. The summed E-state index contributed by atoms with van der Waals surface area (Å²) in [4.78, 5) is 14.6. The predicted molar refractivity (Wildman–Crippen MR) is 105 cm³/mol. The monoisotopic (exact) mass is 344 g/mol. The van der Waals surface area contributed by atoms with Crippen LogP contribution in [0.5, 0.6) is 5.75 Å². The summed E-state index contributed by atoms with van der Waals surface area (Å²) in [6.07, 6.45) is 9.77. The zero-order chi connectivity index (χ0) is 18.1. The number of carbonyl (C=O) groups excluding carboxylic acids is 1. The number of carbonyl (C=O) groups is 1. The van der Waals surface area contributed by atoms with Crippen LogP contribution in [0.4, 0.5) is 11.4 Å². The zero-order valence-corrected chi connectivity index (χ0v) is 14.8. The molecule has 0 bridgehead atoms. The highest BCUT2D eigenvalue weighted by molar-refractivity contribution is 6.07. The van der Waals surface area contributed by atoms with Crippen LogP contribution < -0.4 is 10.1 Å². The molecule has 0 spiro atoms. The minimum Gasteiger partial charge on any atom is -0.481 e. The number of fused-ring (bicyclic) bond motifs is 3. The van der Waals surface area contributed by atoms with Crippen LogP contribution in [0.15, 0.2) is 72.8 Å². The maximum atomic E-state index is 13.0. The molecule has 2 aromatic rings. The molecule has 4 heteroatoms. The summed E-state index contributed by atoms with van der Waals surface area (Å²) in [5, 5.41) is 3.38. The van der Waals surface area contributed by atoms with Gasteiger partial charge in [0.2, 0.25) is 0 Å². The summed E-state index contributed by atoms with van der Waals surface area (Å²) in [5.74, 6) is 0.688. The molecule has 2 aliphatic rings. The van der Waals surface area contributed by atoms with Gasteiger partial charge in [0.15, 0.2) is 0 Å². The zero-order valence-electron chi connectivity index (χ0n) is 14.8. The number of hydrogen-bond donors (Lipinski definition) is 1. The minimum absolute atomic E-state index is 0.0531. The molecular weight excluding hydrogens is 324 g/mol. The van der Waals surface area contributed by atoms with E-state index < -0.39 is 0 Å². The lowest BCUT2D eigenvalue weighted by molar-refractivity contribution is 0.0828. The average Bonchev–Trinajstić information content (AvgIpc) is 2.83. The van der Waals surface area contributed by atoms with E-state index in [9.17, 15) is 4.79 Å². The molecule has 0 fully saturated rings. The van der Waals surface area contributed by atoms with Gasteiger partial charge in [-0.25, -0.2) is 0 Å². The summed E-state index contributed by atoms with van der Waals surface area (Å²) >= 11 is 0. The van der Waals surface area contributed by atoms with Crippen LogP contribution in [0, 0.1) is 0 Å². The van der Waals surface area contributed by atoms with E-state index in [2.05, 4.69) is 5.32 Å². The van der Waals surface area contributed by atoms with Crippen LogP contribution in [-0.2, 0) is 0 Å². The molecule has 1 aliphatic heterocycles. The van der Waals surface area contributed by atoms with E-state index in [0.717, 1.165) is 28.3 Å². The molecule has 1 unspecified atom stereocenters. The molecular formula is C22H20N2O2. The molecule has 0 aromatic heterocycles. The Morgan fingerprint density at radius 2 is 1.85 bits per heavy atom. The number of nitrogens with zero attached hydrogens (tertiary/aromatic N) is 1.